The first-order valence-corrected chi connectivity index (χ1v) is 8.25. The normalized spacial score (nSPS) is 14.5. The van der Waals surface area contributed by atoms with Gasteiger partial charge >= 0.3 is 6.18 Å². The summed E-state index contributed by atoms with van der Waals surface area (Å²) < 4.78 is 39.7. The molecule has 0 aliphatic heterocycles. The Hall–Kier alpha value is -1.23. The van der Waals surface area contributed by atoms with Crippen molar-refractivity contribution in [2.24, 2.45) is 0 Å². The fraction of sp³-hybridized carbons (Fsp3) is 0.333. The van der Waals surface area contributed by atoms with Crippen molar-refractivity contribution >= 4 is 23.2 Å². The highest BCUT2D eigenvalue weighted by Crippen LogP contribution is 2.42. The van der Waals surface area contributed by atoms with Gasteiger partial charge in [-0.2, -0.15) is 13.2 Å². The molecular weight excluding hydrogens is 360 g/mol. The fourth-order valence-corrected chi connectivity index (χ4v) is 3.07. The van der Waals surface area contributed by atoms with Gasteiger partial charge in [0.1, 0.15) is 0 Å². The Morgan fingerprint density at radius 2 is 1.62 bits per heavy atom. The van der Waals surface area contributed by atoms with Crippen LogP contribution in [0.5, 0.6) is 0 Å². The molecular formula is C18H17Cl2F3O. The molecule has 2 rings (SSSR count). The van der Waals surface area contributed by atoms with Crippen LogP contribution in [0.25, 0.3) is 0 Å². The number of benzene rings is 2. The summed E-state index contributed by atoms with van der Waals surface area (Å²) in [5, 5.41) is 11.1. The third-order valence-electron chi connectivity index (χ3n) is 3.92. The summed E-state index contributed by atoms with van der Waals surface area (Å²) in [4.78, 5) is 0. The van der Waals surface area contributed by atoms with E-state index in [1.165, 1.54) is 12.1 Å². The standard InChI is InChI=1S/C18H17Cl2F3O/c1-2-9-17(24,18(21,22)23)14-6-3-12(4-7-14)10-13-5-8-15(19)11-16(13)20/h3-8,11,24H,2,9-10H2,1H3. The Morgan fingerprint density at radius 3 is 2.12 bits per heavy atom. The first kappa shape index (κ1) is 19.1. The molecule has 1 N–H and O–H groups in total. The zero-order valence-electron chi connectivity index (χ0n) is 13.0. The predicted octanol–water partition coefficient (Wildman–Crippen LogP) is 6.13. The number of rotatable bonds is 5. The van der Waals surface area contributed by atoms with E-state index >= 15 is 0 Å². The van der Waals surface area contributed by atoms with Gasteiger partial charge in [-0.25, -0.2) is 0 Å². The summed E-state index contributed by atoms with van der Waals surface area (Å²) in [6.07, 6.45) is -4.41. The average Bonchev–Trinajstić information content (AvgIpc) is 2.50. The van der Waals surface area contributed by atoms with Gasteiger partial charge in [0.2, 0.25) is 0 Å². The van der Waals surface area contributed by atoms with Crippen LogP contribution in [0.15, 0.2) is 42.5 Å². The lowest BCUT2D eigenvalue weighted by Gasteiger charge is -2.30. The Morgan fingerprint density at radius 1 is 1.00 bits per heavy atom. The molecule has 0 bridgehead atoms. The fourth-order valence-electron chi connectivity index (χ4n) is 2.59. The van der Waals surface area contributed by atoms with E-state index in [4.69, 9.17) is 23.2 Å². The Balaban J connectivity index is 2.26. The van der Waals surface area contributed by atoms with Gasteiger partial charge in [0, 0.05) is 10.0 Å². The molecule has 0 spiro atoms. The van der Waals surface area contributed by atoms with Gasteiger partial charge in [-0.15, -0.1) is 0 Å². The van der Waals surface area contributed by atoms with Gasteiger partial charge in [0.15, 0.2) is 5.60 Å². The molecule has 0 aliphatic carbocycles. The van der Waals surface area contributed by atoms with Crippen LogP contribution in [0.2, 0.25) is 10.0 Å². The summed E-state index contributed by atoms with van der Waals surface area (Å²) in [5.74, 6) is 0. The molecule has 2 aromatic carbocycles. The third kappa shape index (κ3) is 4.05. The molecule has 0 radical (unpaired) electrons. The predicted molar refractivity (Wildman–Crippen MR) is 90.6 cm³/mol. The van der Waals surface area contributed by atoms with E-state index in [0.29, 0.717) is 16.5 Å². The number of hydrogen-bond acceptors (Lipinski definition) is 1. The van der Waals surface area contributed by atoms with Crippen LogP contribution in [0.1, 0.15) is 36.5 Å². The van der Waals surface area contributed by atoms with Crippen LogP contribution in [-0.2, 0) is 12.0 Å². The van der Waals surface area contributed by atoms with Crippen LogP contribution >= 0.6 is 23.2 Å². The number of alkyl halides is 3. The van der Waals surface area contributed by atoms with Gasteiger partial charge in [-0.1, -0.05) is 66.9 Å². The van der Waals surface area contributed by atoms with E-state index in [-0.39, 0.29) is 18.4 Å². The van der Waals surface area contributed by atoms with E-state index < -0.39 is 11.8 Å². The van der Waals surface area contributed by atoms with E-state index in [2.05, 4.69) is 0 Å². The van der Waals surface area contributed by atoms with E-state index in [9.17, 15) is 18.3 Å². The van der Waals surface area contributed by atoms with Crippen molar-refractivity contribution in [3.8, 4) is 0 Å². The quantitative estimate of drug-likeness (QED) is 0.664. The molecule has 0 aliphatic rings. The molecule has 0 heterocycles. The summed E-state index contributed by atoms with van der Waals surface area (Å²) in [6, 6.07) is 10.9. The Labute approximate surface area is 149 Å². The maximum Gasteiger partial charge on any atom is 0.421 e. The molecule has 0 saturated carbocycles. The largest absolute Gasteiger partial charge is 0.421 e. The minimum absolute atomic E-state index is 0.150. The smallest absolute Gasteiger partial charge is 0.376 e. The molecule has 0 aromatic heterocycles. The highest BCUT2D eigenvalue weighted by Gasteiger charge is 2.53. The van der Waals surface area contributed by atoms with Gasteiger partial charge in [0.25, 0.3) is 0 Å². The van der Waals surface area contributed by atoms with E-state index in [1.54, 1.807) is 37.3 Å². The van der Waals surface area contributed by atoms with Crippen molar-refractivity contribution in [3.05, 3.63) is 69.2 Å². The molecule has 1 atom stereocenters. The second-order valence-corrected chi connectivity index (χ2v) is 6.56. The van der Waals surface area contributed by atoms with Crippen LogP contribution in [0, 0.1) is 0 Å². The first-order chi connectivity index (χ1) is 11.2. The van der Waals surface area contributed by atoms with Crippen molar-refractivity contribution in [2.45, 2.75) is 38.0 Å². The zero-order chi connectivity index (χ0) is 18.0. The van der Waals surface area contributed by atoms with Crippen LogP contribution < -0.4 is 0 Å². The minimum atomic E-state index is -4.72. The van der Waals surface area contributed by atoms with Crippen LogP contribution in [0.3, 0.4) is 0 Å². The number of hydrogen-bond donors (Lipinski definition) is 1. The highest BCUT2D eigenvalue weighted by atomic mass is 35.5. The minimum Gasteiger partial charge on any atom is -0.376 e. The Bertz CT molecular complexity index is 698. The maximum absolute atomic E-state index is 13.2. The van der Waals surface area contributed by atoms with E-state index in [0.717, 1.165) is 11.1 Å². The zero-order valence-corrected chi connectivity index (χ0v) is 14.5. The molecule has 0 saturated heterocycles. The maximum atomic E-state index is 13.2. The monoisotopic (exact) mass is 376 g/mol. The van der Waals surface area contributed by atoms with Gasteiger partial charge in [-0.05, 0) is 41.7 Å². The molecule has 24 heavy (non-hydrogen) atoms. The Kier molecular flexibility index (Phi) is 5.84. The summed E-state index contributed by atoms with van der Waals surface area (Å²) in [6.45, 7) is 1.60. The lowest BCUT2D eigenvalue weighted by atomic mass is 9.87. The lowest BCUT2D eigenvalue weighted by molar-refractivity contribution is -0.269. The first-order valence-electron chi connectivity index (χ1n) is 7.50. The SMILES string of the molecule is CCCC(O)(c1ccc(Cc2ccc(Cl)cc2Cl)cc1)C(F)(F)F. The lowest BCUT2D eigenvalue weighted by Crippen LogP contribution is -2.42. The van der Waals surface area contributed by atoms with Crippen LogP contribution in [-0.4, -0.2) is 11.3 Å². The van der Waals surface area contributed by atoms with Crippen molar-refractivity contribution in [2.75, 3.05) is 0 Å². The molecule has 0 amide bonds. The molecule has 6 heteroatoms. The summed E-state index contributed by atoms with van der Waals surface area (Å²) in [5.41, 5.74) is -1.35. The van der Waals surface area contributed by atoms with Crippen LogP contribution in [0.4, 0.5) is 13.2 Å². The molecule has 1 unspecified atom stereocenters. The molecule has 1 nitrogen and oxygen atoms in total. The highest BCUT2D eigenvalue weighted by molar-refractivity contribution is 6.35. The van der Waals surface area contributed by atoms with E-state index in [1.807, 2.05) is 0 Å². The summed E-state index contributed by atoms with van der Waals surface area (Å²) in [7, 11) is 0. The molecule has 130 valence electrons. The molecule has 0 fully saturated rings. The third-order valence-corrected chi connectivity index (χ3v) is 4.51. The van der Waals surface area contributed by atoms with Crippen molar-refractivity contribution in [1.82, 2.24) is 0 Å². The van der Waals surface area contributed by atoms with Gasteiger partial charge in [0.05, 0.1) is 0 Å². The van der Waals surface area contributed by atoms with Crippen molar-refractivity contribution < 1.29 is 18.3 Å². The number of halogens is 5. The van der Waals surface area contributed by atoms with Crippen molar-refractivity contribution in [3.63, 3.8) is 0 Å². The average molecular weight is 377 g/mol. The second kappa shape index (κ2) is 7.34. The van der Waals surface area contributed by atoms with Crippen molar-refractivity contribution in [1.29, 1.82) is 0 Å². The second-order valence-electron chi connectivity index (χ2n) is 5.72. The topological polar surface area (TPSA) is 20.2 Å². The molecule has 2 aromatic rings. The summed E-state index contributed by atoms with van der Waals surface area (Å²) >= 11 is 12.0. The van der Waals surface area contributed by atoms with Gasteiger partial charge in [-0.3, -0.25) is 0 Å². The number of aliphatic hydroxyl groups is 1. The van der Waals surface area contributed by atoms with Gasteiger partial charge < -0.3 is 5.11 Å².